The third kappa shape index (κ3) is 7.56. The quantitative estimate of drug-likeness (QED) is 0.101. The molecule has 12 nitrogen and oxygen atoms in total. The van der Waals surface area contributed by atoms with Crippen LogP contribution in [-0.2, 0) is 28.8 Å². The van der Waals surface area contributed by atoms with Crippen molar-refractivity contribution in [2.45, 2.75) is 147 Å². The van der Waals surface area contributed by atoms with Gasteiger partial charge in [0.05, 0.1) is 36.6 Å². The molecule has 16 atom stereocenters. The van der Waals surface area contributed by atoms with Gasteiger partial charge in [-0.05, 0) is 91.8 Å². The number of hydrogen-bond donors (Lipinski definition) is 5. The van der Waals surface area contributed by atoms with Gasteiger partial charge in [-0.15, -0.1) is 0 Å². The summed E-state index contributed by atoms with van der Waals surface area (Å²) in [6, 6.07) is 0. The molecule has 1 saturated heterocycles. The molecule has 0 aromatic carbocycles. The van der Waals surface area contributed by atoms with Gasteiger partial charge in [0.15, 0.2) is 6.29 Å². The predicted octanol–water partition coefficient (Wildman–Crippen LogP) is -0.898. The number of aliphatic hydroxyl groups is 5. The minimum Gasteiger partial charge on any atom is -0.726 e. The Labute approximate surface area is 302 Å². The fourth-order valence-corrected chi connectivity index (χ4v) is 11.5. The van der Waals surface area contributed by atoms with Crippen LogP contribution in [0.3, 0.4) is 0 Å². The van der Waals surface area contributed by atoms with Crippen molar-refractivity contribution >= 4 is 10.4 Å². The van der Waals surface area contributed by atoms with Gasteiger partial charge < -0.3 is 44.3 Å². The number of aliphatic hydroxyl groups excluding tert-OH is 4. The Morgan fingerprint density at radius 3 is 2.26 bits per heavy atom. The van der Waals surface area contributed by atoms with Gasteiger partial charge in [-0.25, -0.2) is 8.42 Å². The molecule has 0 radical (unpaired) electrons. The summed E-state index contributed by atoms with van der Waals surface area (Å²) in [5.74, 6) is -0.0767. The van der Waals surface area contributed by atoms with E-state index in [1.165, 1.54) is 7.11 Å². The van der Waals surface area contributed by atoms with Crippen LogP contribution >= 0.6 is 0 Å². The molecule has 5 rings (SSSR count). The Balaban J connectivity index is 0.00000500. The molecule has 0 bridgehead atoms. The molecule has 5 fully saturated rings. The van der Waals surface area contributed by atoms with E-state index in [0.29, 0.717) is 25.7 Å². The average Bonchev–Trinajstić information content (AvgIpc) is 3.41. The third-order valence-electron chi connectivity index (χ3n) is 13.3. The fraction of sp³-hybridized carbons (Fsp3) is 1.00. The summed E-state index contributed by atoms with van der Waals surface area (Å²) in [6.07, 6.45) is -0.516. The maximum Gasteiger partial charge on any atom is 1.00 e. The minimum atomic E-state index is -4.95. The van der Waals surface area contributed by atoms with E-state index in [4.69, 9.17) is 14.2 Å². The van der Waals surface area contributed by atoms with Crippen LogP contribution in [0.4, 0.5) is 0 Å². The average molecular weight is 701 g/mol. The second-order valence-corrected chi connectivity index (χ2v) is 17.2. The van der Waals surface area contributed by atoms with Crippen LogP contribution in [0.25, 0.3) is 0 Å². The molecule has 0 aromatic heterocycles. The molecule has 5 N–H and O–H groups in total. The van der Waals surface area contributed by atoms with Gasteiger partial charge >= 0.3 is 29.6 Å². The first-order valence-electron chi connectivity index (χ1n) is 17.2. The molecule has 1 heterocycles. The van der Waals surface area contributed by atoms with Crippen LogP contribution in [0, 0.1) is 46.3 Å². The number of fused-ring (bicyclic) bond motifs is 5. The summed E-state index contributed by atoms with van der Waals surface area (Å²) in [5.41, 5.74) is -1.79. The number of hydrogen-bond acceptors (Lipinski definition) is 12. The first-order chi connectivity index (χ1) is 21.4. The van der Waals surface area contributed by atoms with E-state index in [-0.39, 0.29) is 88.4 Å². The van der Waals surface area contributed by atoms with Crippen LogP contribution in [0.1, 0.15) is 92.4 Å². The SMILES string of the molecule is COC1C(COS(=O)(=O)[O-])OC(O[C@@H](CC[C@@H](C)[C@H]2C[C@@H](O)C3[C@]4(O)C[C@H](O)C5C[C@@H](O)CC[C@]5(C)C4CC[C@@]32C)C(C)C)C1O.[Na+]. The Kier molecular flexibility index (Phi) is 12.8. The molecule has 4 saturated carbocycles. The number of rotatable bonds is 11. The van der Waals surface area contributed by atoms with E-state index in [2.05, 4.69) is 25.0 Å². The summed E-state index contributed by atoms with van der Waals surface area (Å²) < 4.78 is 54.6. The van der Waals surface area contributed by atoms with Crippen LogP contribution in [0.2, 0.25) is 0 Å². The molecular formula is C33H57NaO12S. The maximum absolute atomic E-state index is 12.5. The summed E-state index contributed by atoms with van der Waals surface area (Å²) in [5, 5.41) is 56.8. The van der Waals surface area contributed by atoms with E-state index >= 15 is 0 Å². The van der Waals surface area contributed by atoms with Crippen molar-refractivity contribution in [1.29, 1.82) is 0 Å². The van der Waals surface area contributed by atoms with Crippen molar-refractivity contribution in [3.63, 3.8) is 0 Å². The smallest absolute Gasteiger partial charge is 0.726 e. The summed E-state index contributed by atoms with van der Waals surface area (Å²) in [7, 11) is -3.60. The number of ether oxygens (including phenoxy) is 3. The molecule has 5 aliphatic rings. The van der Waals surface area contributed by atoms with E-state index in [9.17, 15) is 38.5 Å². The number of methoxy groups -OCH3 is 1. The van der Waals surface area contributed by atoms with Gasteiger partial charge in [0.25, 0.3) is 0 Å². The van der Waals surface area contributed by atoms with Crippen molar-refractivity contribution in [1.82, 2.24) is 0 Å². The summed E-state index contributed by atoms with van der Waals surface area (Å²) >= 11 is 0. The zero-order valence-electron chi connectivity index (χ0n) is 29.2. The van der Waals surface area contributed by atoms with E-state index in [0.717, 1.165) is 25.7 Å². The van der Waals surface area contributed by atoms with Gasteiger partial charge in [0, 0.05) is 19.4 Å². The fourth-order valence-electron chi connectivity index (χ4n) is 11.2. The zero-order chi connectivity index (χ0) is 34.0. The zero-order valence-corrected chi connectivity index (χ0v) is 32.0. The monoisotopic (exact) mass is 700 g/mol. The largest absolute Gasteiger partial charge is 1.00 e. The van der Waals surface area contributed by atoms with Crippen molar-refractivity contribution in [3.8, 4) is 0 Å². The molecule has 7 unspecified atom stereocenters. The molecule has 0 amide bonds. The molecule has 14 heteroatoms. The molecule has 1 aliphatic heterocycles. The Morgan fingerprint density at radius 1 is 0.979 bits per heavy atom. The van der Waals surface area contributed by atoms with Crippen molar-refractivity contribution in [3.05, 3.63) is 0 Å². The van der Waals surface area contributed by atoms with Crippen LogP contribution < -0.4 is 29.6 Å². The van der Waals surface area contributed by atoms with Gasteiger partial charge in [-0.3, -0.25) is 4.18 Å². The third-order valence-corrected chi connectivity index (χ3v) is 13.7. The minimum absolute atomic E-state index is 0. The Hall–Kier alpha value is 0.550. The van der Waals surface area contributed by atoms with E-state index in [1.807, 2.05) is 13.8 Å². The van der Waals surface area contributed by atoms with Gasteiger partial charge in [0.1, 0.15) is 18.3 Å². The van der Waals surface area contributed by atoms with Crippen LogP contribution in [-0.4, -0.2) is 107 Å². The Bertz CT molecular complexity index is 1180. The van der Waals surface area contributed by atoms with Crippen LogP contribution in [0.5, 0.6) is 0 Å². The second-order valence-electron chi connectivity index (χ2n) is 16.2. The molecule has 0 spiro atoms. The van der Waals surface area contributed by atoms with E-state index in [1.54, 1.807) is 0 Å². The van der Waals surface area contributed by atoms with Crippen molar-refractivity contribution < 1.29 is 86.5 Å². The van der Waals surface area contributed by atoms with Gasteiger partial charge in [0.2, 0.25) is 10.4 Å². The van der Waals surface area contributed by atoms with Gasteiger partial charge in [-0.1, -0.05) is 34.6 Å². The second kappa shape index (κ2) is 14.9. The molecule has 268 valence electrons. The maximum atomic E-state index is 12.5. The molecule has 0 aromatic rings. The topological polar surface area (TPSA) is 195 Å². The molecular weight excluding hydrogens is 643 g/mol. The van der Waals surface area contributed by atoms with Crippen molar-refractivity contribution in [2.24, 2.45) is 46.3 Å². The molecule has 4 aliphatic carbocycles. The standard InChI is InChI=1S/C33H58O12S.Na/c1-17(2)24(44-30-27(37)28(42-6)25(45-30)16-43-46(39,40)41)8-7-18(3)20-14-22(35)29-32(20,5)12-10-26-31(4)11-9-19(34)13-21(31)23(36)15-33(26,29)38;/h17-30,34-38H,7-16H2,1-6H3,(H,39,40,41);/q;+1/p-1/t18-,19+,20-,21?,22-,23+,24+,25?,26?,27?,28?,29?,30?,31+,32-,33+;/m1./s1. The van der Waals surface area contributed by atoms with Crippen LogP contribution in [0.15, 0.2) is 0 Å². The predicted molar refractivity (Wildman–Crippen MR) is 165 cm³/mol. The summed E-state index contributed by atoms with van der Waals surface area (Å²) in [4.78, 5) is 0. The molecule has 47 heavy (non-hydrogen) atoms. The first-order valence-corrected chi connectivity index (χ1v) is 18.6. The van der Waals surface area contributed by atoms with Gasteiger partial charge in [-0.2, -0.15) is 0 Å². The van der Waals surface area contributed by atoms with Crippen molar-refractivity contribution in [2.75, 3.05) is 13.7 Å². The Morgan fingerprint density at radius 2 is 1.64 bits per heavy atom. The normalized spacial score (nSPS) is 47.9. The first kappa shape index (κ1) is 40.3. The van der Waals surface area contributed by atoms with E-state index < -0.39 is 65.5 Å². The summed E-state index contributed by atoms with van der Waals surface area (Å²) in [6.45, 7) is 10.00.